The van der Waals surface area contributed by atoms with Crippen LogP contribution in [0.15, 0.2) is 71.8 Å². The summed E-state index contributed by atoms with van der Waals surface area (Å²) in [6.45, 7) is -0.427. The molecule has 1 saturated heterocycles. The quantitative estimate of drug-likeness (QED) is 0.263. The molecule has 3 amide bonds. The van der Waals surface area contributed by atoms with E-state index in [2.05, 4.69) is 10.3 Å². The molecule has 2 aromatic carbocycles. The van der Waals surface area contributed by atoms with Crippen LogP contribution in [-0.4, -0.2) is 38.4 Å². The number of carbonyl (C=O) groups excluding carboxylic acids is 3. The van der Waals surface area contributed by atoms with Gasteiger partial charge in [-0.1, -0.05) is 29.8 Å². The van der Waals surface area contributed by atoms with Gasteiger partial charge in [0.05, 0.1) is 9.83 Å². The number of halogens is 1. The van der Waals surface area contributed by atoms with Crippen LogP contribution in [0.25, 0.3) is 6.08 Å². The third kappa shape index (κ3) is 6.02. The van der Waals surface area contributed by atoms with E-state index in [-0.39, 0.29) is 16.5 Å². The molecule has 3 aromatic rings. The third-order valence-electron chi connectivity index (χ3n) is 4.62. The van der Waals surface area contributed by atoms with Crippen LogP contribution in [0.4, 0.5) is 16.2 Å². The lowest BCUT2D eigenvalue weighted by Crippen LogP contribution is -2.36. The lowest BCUT2D eigenvalue weighted by molar-refractivity contribution is -0.385. The maximum atomic E-state index is 12.7. The normalized spacial score (nSPS) is 14.3. The summed E-state index contributed by atoms with van der Waals surface area (Å²) in [5.41, 5.74) is 0.933. The van der Waals surface area contributed by atoms with Crippen LogP contribution in [0.2, 0.25) is 5.02 Å². The molecule has 0 atom stereocenters. The van der Waals surface area contributed by atoms with E-state index in [0.717, 1.165) is 22.9 Å². The molecule has 0 spiro atoms. The van der Waals surface area contributed by atoms with Crippen molar-refractivity contribution in [1.82, 2.24) is 9.88 Å². The van der Waals surface area contributed by atoms with Gasteiger partial charge in [0.15, 0.2) is 0 Å². The van der Waals surface area contributed by atoms with Crippen molar-refractivity contribution in [2.45, 2.75) is 0 Å². The number of nitrogens with one attached hydrogen (secondary N) is 1. The van der Waals surface area contributed by atoms with Crippen LogP contribution in [0.3, 0.4) is 0 Å². The van der Waals surface area contributed by atoms with E-state index in [1.54, 1.807) is 48.5 Å². The van der Waals surface area contributed by atoms with Crippen LogP contribution in [0.1, 0.15) is 5.56 Å². The Hall–Kier alpha value is -4.22. The highest BCUT2D eigenvalue weighted by molar-refractivity contribution is 8.18. The van der Waals surface area contributed by atoms with E-state index >= 15 is 0 Å². The van der Waals surface area contributed by atoms with Crippen molar-refractivity contribution in [3.05, 3.63) is 92.5 Å². The molecule has 0 bridgehead atoms. The zero-order chi connectivity index (χ0) is 24.9. The molecule has 0 unspecified atom stereocenters. The molecule has 1 aromatic heterocycles. The molecule has 10 nitrogen and oxygen atoms in total. The van der Waals surface area contributed by atoms with Crippen molar-refractivity contribution < 1.29 is 24.0 Å². The Morgan fingerprint density at radius 1 is 1.17 bits per heavy atom. The number of pyridine rings is 1. The first kappa shape index (κ1) is 23.9. The van der Waals surface area contributed by atoms with E-state index in [4.69, 9.17) is 16.3 Å². The summed E-state index contributed by atoms with van der Waals surface area (Å²) in [6.07, 6.45) is 2.63. The molecule has 1 aliphatic heterocycles. The van der Waals surface area contributed by atoms with Gasteiger partial charge in [-0.05, 0) is 53.7 Å². The Bertz CT molecular complexity index is 1340. The van der Waals surface area contributed by atoms with Gasteiger partial charge in [-0.25, -0.2) is 4.98 Å². The fourth-order valence-corrected chi connectivity index (χ4v) is 4.02. The van der Waals surface area contributed by atoms with Crippen LogP contribution < -0.4 is 10.1 Å². The largest absolute Gasteiger partial charge is 0.439 e. The van der Waals surface area contributed by atoms with Crippen LogP contribution >= 0.6 is 23.4 Å². The van der Waals surface area contributed by atoms with E-state index in [9.17, 15) is 24.5 Å². The van der Waals surface area contributed by atoms with Crippen molar-refractivity contribution in [2.75, 3.05) is 11.9 Å². The van der Waals surface area contributed by atoms with Gasteiger partial charge >= 0.3 is 0 Å². The minimum atomic E-state index is -0.573. The Labute approximate surface area is 207 Å². The topological polar surface area (TPSA) is 132 Å². The second-order valence-electron chi connectivity index (χ2n) is 7.11. The predicted molar refractivity (Wildman–Crippen MR) is 130 cm³/mol. The molecule has 35 heavy (non-hydrogen) atoms. The van der Waals surface area contributed by atoms with Gasteiger partial charge in [-0.3, -0.25) is 29.4 Å². The van der Waals surface area contributed by atoms with Gasteiger partial charge < -0.3 is 10.1 Å². The maximum absolute atomic E-state index is 12.7. The number of hydrogen-bond acceptors (Lipinski definition) is 8. The molecule has 0 aliphatic carbocycles. The first-order chi connectivity index (χ1) is 16.8. The van der Waals surface area contributed by atoms with Gasteiger partial charge in [0, 0.05) is 22.8 Å². The monoisotopic (exact) mass is 510 g/mol. The van der Waals surface area contributed by atoms with Crippen LogP contribution in [-0.2, 0) is 9.59 Å². The number of nitro groups is 1. The summed E-state index contributed by atoms with van der Waals surface area (Å²) >= 11 is 6.63. The maximum Gasteiger partial charge on any atom is 0.294 e. The smallest absolute Gasteiger partial charge is 0.294 e. The number of thioether (sulfide) groups is 1. The van der Waals surface area contributed by atoms with Crippen molar-refractivity contribution in [3.63, 3.8) is 0 Å². The number of ether oxygens (including phenoxy) is 1. The summed E-state index contributed by atoms with van der Waals surface area (Å²) in [6, 6.07) is 15.8. The van der Waals surface area contributed by atoms with Gasteiger partial charge in [0.2, 0.25) is 11.8 Å². The standard InChI is InChI=1S/C23H15ClN4O6S/c24-15-2-1-3-16(11-15)26-20(29)13-27-22(30)19(35-23(27)31)10-14-4-7-18(8-5-14)34-21-9-6-17(12-25-21)28(32)33/h1-12H,13H2,(H,26,29)/b19-10-. The summed E-state index contributed by atoms with van der Waals surface area (Å²) in [4.78, 5) is 52.3. The number of aromatic nitrogens is 1. The minimum Gasteiger partial charge on any atom is -0.439 e. The van der Waals surface area contributed by atoms with Crippen molar-refractivity contribution in [1.29, 1.82) is 0 Å². The number of hydrogen-bond donors (Lipinski definition) is 1. The number of anilines is 1. The molecule has 176 valence electrons. The van der Waals surface area contributed by atoms with E-state index in [0.29, 0.717) is 22.0 Å². The lowest BCUT2D eigenvalue weighted by Gasteiger charge is -2.12. The zero-order valence-corrected chi connectivity index (χ0v) is 19.3. The van der Waals surface area contributed by atoms with Crippen molar-refractivity contribution in [2.24, 2.45) is 0 Å². The summed E-state index contributed by atoms with van der Waals surface area (Å²) in [5.74, 6) is -0.497. The van der Waals surface area contributed by atoms with Crippen molar-refractivity contribution in [3.8, 4) is 11.6 Å². The fourth-order valence-electron chi connectivity index (χ4n) is 2.99. The van der Waals surface area contributed by atoms with Gasteiger partial charge in [0.25, 0.3) is 16.8 Å². The lowest BCUT2D eigenvalue weighted by atomic mass is 10.2. The molecule has 1 fully saturated rings. The Balaban J connectivity index is 1.38. The second-order valence-corrected chi connectivity index (χ2v) is 8.54. The van der Waals surface area contributed by atoms with Gasteiger partial charge in [-0.2, -0.15) is 0 Å². The van der Waals surface area contributed by atoms with E-state index < -0.39 is 28.5 Å². The number of imide groups is 1. The molecule has 1 N–H and O–H groups in total. The minimum absolute atomic E-state index is 0.149. The number of amides is 3. The number of nitrogens with zero attached hydrogens (tertiary/aromatic N) is 3. The molecular weight excluding hydrogens is 496 g/mol. The molecule has 0 radical (unpaired) electrons. The third-order valence-corrected chi connectivity index (χ3v) is 5.76. The molecular formula is C23H15ClN4O6S. The zero-order valence-electron chi connectivity index (χ0n) is 17.7. The molecule has 2 heterocycles. The van der Waals surface area contributed by atoms with E-state index in [1.165, 1.54) is 18.2 Å². The highest BCUT2D eigenvalue weighted by atomic mass is 35.5. The Morgan fingerprint density at radius 2 is 1.94 bits per heavy atom. The van der Waals surface area contributed by atoms with Gasteiger partial charge in [0.1, 0.15) is 18.5 Å². The first-order valence-electron chi connectivity index (χ1n) is 9.97. The predicted octanol–water partition coefficient (Wildman–Crippen LogP) is 5.11. The summed E-state index contributed by atoms with van der Waals surface area (Å²) < 4.78 is 5.55. The second kappa shape index (κ2) is 10.4. The van der Waals surface area contributed by atoms with Crippen LogP contribution in [0.5, 0.6) is 11.6 Å². The van der Waals surface area contributed by atoms with Crippen molar-refractivity contribution >= 4 is 57.9 Å². The SMILES string of the molecule is O=C(CN1C(=O)S/C(=C\c2ccc(Oc3ccc([N+](=O)[O-])cn3)cc2)C1=O)Nc1cccc(Cl)c1. The Morgan fingerprint density at radius 3 is 2.60 bits per heavy atom. The Kier molecular flexibility index (Phi) is 7.09. The number of benzene rings is 2. The van der Waals surface area contributed by atoms with E-state index in [1.807, 2.05) is 0 Å². The molecule has 4 rings (SSSR count). The highest BCUT2D eigenvalue weighted by Gasteiger charge is 2.36. The summed E-state index contributed by atoms with van der Waals surface area (Å²) in [7, 11) is 0. The number of rotatable bonds is 7. The number of carbonyl (C=O) groups is 3. The highest BCUT2D eigenvalue weighted by Crippen LogP contribution is 2.32. The fraction of sp³-hybridized carbons (Fsp3) is 0.0435. The average molecular weight is 511 g/mol. The molecule has 12 heteroatoms. The molecule has 0 saturated carbocycles. The summed E-state index contributed by atoms with van der Waals surface area (Å²) in [5, 5.41) is 13.2. The molecule has 1 aliphatic rings. The van der Waals surface area contributed by atoms with Gasteiger partial charge in [-0.15, -0.1) is 0 Å². The average Bonchev–Trinajstić information content (AvgIpc) is 3.08. The van der Waals surface area contributed by atoms with Crippen LogP contribution in [0, 0.1) is 10.1 Å². The first-order valence-corrected chi connectivity index (χ1v) is 11.2.